The molecule has 0 saturated heterocycles. The van der Waals surface area contributed by atoms with Crippen LogP contribution in [-0.4, -0.2) is 34.3 Å². The molecule has 4 aromatic rings. The summed E-state index contributed by atoms with van der Waals surface area (Å²) in [6.07, 6.45) is 15.5. The highest BCUT2D eigenvalue weighted by atomic mass is 35.5. The molecule has 0 radical (unpaired) electrons. The second kappa shape index (κ2) is 7.53. The Morgan fingerprint density at radius 1 is 1.11 bits per heavy atom. The van der Waals surface area contributed by atoms with Crippen LogP contribution in [-0.2, 0) is 23.8 Å². The van der Waals surface area contributed by atoms with Crippen molar-refractivity contribution < 1.29 is 0 Å². The third-order valence-corrected chi connectivity index (χ3v) is 12.2. The lowest BCUT2D eigenvalue weighted by Crippen LogP contribution is -2.58. The molecular formula is C28H34ClN7S. The monoisotopic (exact) mass is 535 g/mol. The Morgan fingerprint density at radius 3 is 2.65 bits per heavy atom. The van der Waals surface area contributed by atoms with Crippen LogP contribution in [0.25, 0.3) is 15.9 Å². The van der Waals surface area contributed by atoms with E-state index < -0.39 is 0 Å². The van der Waals surface area contributed by atoms with Crippen molar-refractivity contribution in [2.75, 3.05) is 0 Å². The standard InChI is InChI=1S/C28H34ClN7S/c1-4-26(2,3)18-5-6-19-20(8-18)37-23-21(19)22-32-24(33-35(22)14-30-23)27-9-16-7-17(10-27)12-28(11-16,13-27)36-15-31-25(29)34-36/h14-18H,4-13H2,1-3H3. The summed E-state index contributed by atoms with van der Waals surface area (Å²) in [5.74, 6) is 3.12. The van der Waals surface area contributed by atoms with Crippen LogP contribution in [0.2, 0.25) is 5.28 Å². The highest BCUT2D eigenvalue weighted by Crippen LogP contribution is 2.64. The summed E-state index contributed by atoms with van der Waals surface area (Å²) in [7, 11) is 0. The molecule has 37 heavy (non-hydrogen) atoms. The van der Waals surface area contributed by atoms with Crippen LogP contribution in [0.15, 0.2) is 12.7 Å². The molecule has 9 heteroatoms. The number of halogens is 1. The first kappa shape index (κ1) is 22.9. The molecule has 4 bridgehead atoms. The van der Waals surface area contributed by atoms with E-state index in [2.05, 4.69) is 35.5 Å². The van der Waals surface area contributed by atoms with E-state index in [1.807, 2.05) is 28.5 Å². The van der Waals surface area contributed by atoms with Crippen LogP contribution in [0.1, 0.15) is 88.4 Å². The summed E-state index contributed by atoms with van der Waals surface area (Å²) in [4.78, 5) is 17.2. The Morgan fingerprint density at radius 2 is 1.92 bits per heavy atom. The normalized spacial score (nSPS) is 33.0. The number of hydrogen-bond donors (Lipinski definition) is 0. The zero-order valence-electron chi connectivity index (χ0n) is 21.9. The predicted octanol–water partition coefficient (Wildman–Crippen LogP) is 6.37. The minimum absolute atomic E-state index is 0.00676. The van der Waals surface area contributed by atoms with Gasteiger partial charge in [-0.25, -0.2) is 24.1 Å². The second-order valence-corrected chi connectivity index (χ2v) is 14.8. The SMILES string of the molecule is CCC(C)(C)C1CCc2c(sc3ncn4nc(C56CC7CC(C5)CC(n5cnc(Cl)n5)(C7)C6)nc4c23)C1. The summed E-state index contributed by atoms with van der Waals surface area (Å²) < 4.78 is 4.06. The van der Waals surface area contributed by atoms with Crippen molar-refractivity contribution in [3.63, 3.8) is 0 Å². The molecule has 3 atom stereocenters. The zero-order chi connectivity index (χ0) is 25.2. The lowest BCUT2D eigenvalue weighted by Gasteiger charge is -2.60. The van der Waals surface area contributed by atoms with E-state index in [-0.39, 0.29) is 11.0 Å². The predicted molar refractivity (Wildman–Crippen MR) is 145 cm³/mol. The van der Waals surface area contributed by atoms with Crippen molar-refractivity contribution in [3.8, 4) is 0 Å². The van der Waals surface area contributed by atoms with E-state index in [0.29, 0.717) is 22.5 Å². The van der Waals surface area contributed by atoms with Gasteiger partial charge in [-0.15, -0.1) is 21.5 Å². The Labute approximate surface area is 226 Å². The molecule has 7 nitrogen and oxygen atoms in total. The number of aryl methyl sites for hydroxylation is 1. The summed E-state index contributed by atoms with van der Waals surface area (Å²) in [6, 6.07) is 0. The largest absolute Gasteiger partial charge is 0.245 e. The van der Waals surface area contributed by atoms with Gasteiger partial charge in [-0.3, -0.25) is 0 Å². The molecule has 3 unspecified atom stereocenters. The van der Waals surface area contributed by atoms with Gasteiger partial charge in [0.2, 0.25) is 5.28 Å². The third-order valence-electron chi connectivity index (χ3n) is 10.9. The average molecular weight is 536 g/mol. The molecule has 9 rings (SSSR count). The molecule has 5 aliphatic rings. The van der Waals surface area contributed by atoms with Gasteiger partial charge in [0, 0.05) is 10.3 Å². The smallest absolute Gasteiger partial charge is 0.242 e. The number of thiophene rings is 1. The molecule has 4 saturated carbocycles. The third kappa shape index (κ3) is 3.20. The molecule has 4 fully saturated rings. The lowest BCUT2D eigenvalue weighted by atomic mass is 9.46. The van der Waals surface area contributed by atoms with E-state index in [1.165, 1.54) is 54.4 Å². The number of aromatic nitrogens is 7. The molecule has 4 aromatic heterocycles. The van der Waals surface area contributed by atoms with E-state index in [9.17, 15) is 0 Å². The highest BCUT2D eigenvalue weighted by molar-refractivity contribution is 7.19. The maximum absolute atomic E-state index is 6.17. The number of fused-ring (bicyclic) bond motifs is 5. The second-order valence-electron chi connectivity index (χ2n) is 13.3. The Balaban J connectivity index is 1.22. The Kier molecular flexibility index (Phi) is 4.66. The van der Waals surface area contributed by atoms with Crippen LogP contribution >= 0.6 is 22.9 Å². The molecule has 0 N–H and O–H groups in total. The number of rotatable bonds is 4. The molecule has 194 valence electrons. The van der Waals surface area contributed by atoms with Crippen LogP contribution < -0.4 is 0 Å². The maximum atomic E-state index is 6.17. The molecule has 0 aromatic carbocycles. The fourth-order valence-corrected chi connectivity index (χ4v) is 10.4. The maximum Gasteiger partial charge on any atom is 0.242 e. The summed E-state index contributed by atoms with van der Waals surface area (Å²) in [5, 5.41) is 11.4. The molecule has 4 heterocycles. The van der Waals surface area contributed by atoms with E-state index in [0.717, 1.165) is 47.9 Å². The van der Waals surface area contributed by atoms with Gasteiger partial charge >= 0.3 is 0 Å². The van der Waals surface area contributed by atoms with Gasteiger partial charge in [0.1, 0.15) is 17.5 Å². The van der Waals surface area contributed by atoms with Crippen LogP contribution in [0, 0.1) is 23.2 Å². The zero-order valence-corrected chi connectivity index (χ0v) is 23.4. The topological polar surface area (TPSA) is 73.8 Å². The number of nitrogens with zero attached hydrogens (tertiary/aromatic N) is 7. The Bertz CT molecular complexity index is 1530. The Hall–Kier alpha value is -2.06. The lowest BCUT2D eigenvalue weighted by molar-refractivity contribution is -0.0715. The van der Waals surface area contributed by atoms with Gasteiger partial charge in [0.05, 0.1) is 10.9 Å². The van der Waals surface area contributed by atoms with Gasteiger partial charge in [0.15, 0.2) is 11.5 Å². The van der Waals surface area contributed by atoms with Gasteiger partial charge in [-0.1, -0.05) is 27.2 Å². The minimum atomic E-state index is -0.0160. The van der Waals surface area contributed by atoms with Crippen molar-refractivity contribution in [1.29, 1.82) is 0 Å². The highest BCUT2D eigenvalue weighted by Gasteiger charge is 2.61. The first-order valence-corrected chi connectivity index (χ1v) is 15.2. The molecule has 0 aliphatic heterocycles. The van der Waals surface area contributed by atoms with Crippen LogP contribution in [0.5, 0.6) is 0 Å². The molecule has 0 amide bonds. The summed E-state index contributed by atoms with van der Waals surface area (Å²) in [6.45, 7) is 7.20. The van der Waals surface area contributed by atoms with Crippen molar-refractivity contribution in [2.45, 2.75) is 95.9 Å². The minimum Gasteiger partial charge on any atom is -0.245 e. The fraction of sp³-hybridized carbons (Fsp3) is 0.679. The quantitative estimate of drug-likeness (QED) is 0.303. The van der Waals surface area contributed by atoms with E-state index in [1.54, 1.807) is 0 Å². The first-order valence-electron chi connectivity index (χ1n) is 14.0. The molecule has 5 aliphatic carbocycles. The van der Waals surface area contributed by atoms with Crippen LogP contribution in [0.4, 0.5) is 0 Å². The van der Waals surface area contributed by atoms with Crippen molar-refractivity contribution in [2.24, 2.45) is 23.2 Å². The molecule has 0 spiro atoms. The van der Waals surface area contributed by atoms with Crippen LogP contribution in [0.3, 0.4) is 0 Å². The van der Waals surface area contributed by atoms with E-state index >= 15 is 0 Å². The van der Waals surface area contributed by atoms with Crippen molar-refractivity contribution in [1.82, 2.24) is 34.3 Å². The van der Waals surface area contributed by atoms with E-state index in [4.69, 9.17) is 26.7 Å². The van der Waals surface area contributed by atoms with Gasteiger partial charge < -0.3 is 0 Å². The number of hydrogen-bond acceptors (Lipinski definition) is 6. The summed E-state index contributed by atoms with van der Waals surface area (Å²) >= 11 is 8.06. The fourth-order valence-electron chi connectivity index (χ4n) is 8.97. The van der Waals surface area contributed by atoms with Crippen molar-refractivity contribution in [3.05, 3.63) is 34.2 Å². The first-order chi connectivity index (χ1) is 17.8. The van der Waals surface area contributed by atoms with Gasteiger partial charge in [-0.2, -0.15) is 0 Å². The average Bonchev–Trinajstić information content (AvgIpc) is 3.59. The van der Waals surface area contributed by atoms with Gasteiger partial charge in [-0.05, 0) is 98.1 Å². The van der Waals surface area contributed by atoms with Crippen molar-refractivity contribution >= 4 is 38.8 Å². The molecular weight excluding hydrogens is 502 g/mol. The van der Waals surface area contributed by atoms with Gasteiger partial charge in [0.25, 0.3) is 0 Å². The summed E-state index contributed by atoms with van der Waals surface area (Å²) in [5.41, 5.74) is 2.85.